The summed E-state index contributed by atoms with van der Waals surface area (Å²) >= 11 is 0. The van der Waals surface area contributed by atoms with Crippen molar-refractivity contribution in [3.63, 3.8) is 0 Å². The molecule has 4 aromatic heterocycles. The topological polar surface area (TPSA) is 89.2 Å². The van der Waals surface area contributed by atoms with Crippen LogP contribution in [0, 0.1) is 0 Å². The van der Waals surface area contributed by atoms with Crippen LogP contribution in [-0.4, -0.2) is 36.7 Å². The van der Waals surface area contributed by atoms with Gasteiger partial charge >= 0.3 is 0 Å². The van der Waals surface area contributed by atoms with Crippen molar-refractivity contribution in [2.75, 3.05) is 6.61 Å². The van der Waals surface area contributed by atoms with E-state index in [0.717, 1.165) is 39.1 Å². The number of amides is 1. The summed E-state index contributed by atoms with van der Waals surface area (Å²) in [6, 6.07) is 10.1. The number of benzene rings is 1. The third-order valence-corrected chi connectivity index (χ3v) is 5.87. The van der Waals surface area contributed by atoms with Gasteiger partial charge in [-0.25, -0.2) is 9.50 Å². The Morgan fingerprint density at radius 1 is 1.19 bits per heavy atom. The van der Waals surface area contributed by atoms with Crippen molar-refractivity contribution in [3.8, 4) is 16.9 Å². The fourth-order valence-electron chi connectivity index (χ4n) is 4.27. The van der Waals surface area contributed by atoms with Crippen molar-refractivity contribution in [2.45, 2.75) is 12.5 Å². The highest BCUT2D eigenvalue weighted by molar-refractivity contribution is 6.00. The third kappa shape index (κ3) is 2.87. The summed E-state index contributed by atoms with van der Waals surface area (Å²) in [7, 11) is 1.90. The number of pyridine rings is 1. The number of aryl methyl sites for hydroxylation is 1. The number of rotatable bonds is 3. The van der Waals surface area contributed by atoms with Crippen molar-refractivity contribution in [3.05, 3.63) is 72.4 Å². The van der Waals surface area contributed by atoms with Gasteiger partial charge < -0.3 is 19.6 Å². The number of hydrogen-bond acceptors (Lipinski definition) is 4. The molecule has 8 nitrogen and oxygen atoms in total. The van der Waals surface area contributed by atoms with Crippen molar-refractivity contribution in [1.82, 2.24) is 29.5 Å². The molecule has 1 atom stereocenters. The van der Waals surface area contributed by atoms with Gasteiger partial charge in [-0.2, -0.15) is 5.10 Å². The number of ether oxygens (including phenoxy) is 1. The van der Waals surface area contributed by atoms with E-state index in [2.05, 4.69) is 32.5 Å². The molecule has 0 bridgehead atoms. The number of imidazole rings is 1. The fraction of sp³-hybridized carbons (Fsp3) is 0.174. The molecule has 8 heteroatoms. The largest absolute Gasteiger partial charge is 0.493 e. The minimum absolute atomic E-state index is 0.143. The van der Waals surface area contributed by atoms with Gasteiger partial charge in [0, 0.05) is 54.8 Å². The van der Waals surface area contributed by atoms with Crippen LogP contribution in [-0.2, 0) is 7.05 Å². The summed E-state index contributed by atoms with van der Waals surface area (Å²) in [5.74, 6) is 0.658. The number of aromatic nitrogens is 5. The molecule has 0 saturated carbocycles. The Hall–Kier alpha value is -4.07. The molecule has 0 radical (unpaired) electrons. The van der Waals surface area contributed by atoms with Crippen molar-refractivity contribution >= 4 is 22.6 Å². The molecule has 154 valence electrons. The van der Waals surface area contributed by atoms with Gasteiger partial charge in [0.05, 0.1) is 18.8 Å². The standard InChI is InChI=1S/C23H20N6O2/c1-28-7-8-29-23(28)18(13-26-29)22(30)27-19-5-9-31-20-3-2-14(11-17(19)20)16-10-15-4-6-24-21(15)25-12-16/h2-4,6-8,10-13,19H,5,9H2,1H3,(H,24,25)(H,27,30). The minimum atomic E-state index is -0.143. The summed E-state index contributed by atoms with van der Waals surface area (Å²) in [5.41, 5.74) is 5.22. The number of aromatic amines is 1. The lowest BCUT2D eigenvalue weighted by atomic mass is 9.95. The van der Waals surface area contributed by atoms with Gasteiger partial charge in [-0.1, -0.05) is 6.07 Å². The zero-order valence-electron chi connectivity index (χ0n) is 16.9. The van der Waals surface area contributed by atoms with Crippen molar-refractivity contribution < 1.29 is 9.53 Å². The first-order valence-electron chi connectivity index (χ1n) is 10.2. The predicted molar refractivity (Wildman–Crippen MR) is 116 cm³/mol. The molecule has 1 aliphatic heterocycles. The maximum absolute atomic E-state index is 13.1. The number of carbonyl (C=O) groups is 1. The Labute approximate surface area is 177 Å². The maximum atomic E-state index is 13.1. The van der Waals surface area contributed by atoms with E-state index in [0.29, 0.717) is 18.6 Å². The fourth-order valence-corrected chi connectivity index (χ4v) is 4.27. The van der Waals surface area contributed by atoms with E-state index in [9.17, 15) is 4.79 Å². The Balaban J connectivity index is 1.34. The molecule has 1 aromatic carbocycles. The smallest absolute Gasteiger partial charge is 0.257 e. The molecule has 5 heterocycles. The zero-order valence-corrected chi connectivity index (χ0v) is 16.9. The first-order valence-corrected chi connectivity index (χ1v) is 10.2. The molecule has 1 amide bonds. The number of nitrogens with one attached hydrogen (secondary N) is 2. The highest BCUT2D eigenvalue weighted by Crippen LogP contribution is 2.36. The molecular weight excluding hydrogens is 392 g/mol. The molecule has 1 aliphatic rings. The molecule has 0 spiro atoms. The van der Waals surface area contributed by atoms with E-state index in [1.807, 2.05) is 54.6 Å². The number of hydrogen-bond donors (Lipinski definition) is 2. The monoisotopic (exact) mass is 412 g/mol. The first-order chi connectivity index (χ1) is 15.2. The van der Waals surface area contributed by atoms with Gasteiger partial charge in [-0.05, 0) is 29.8 Å². The Bertz CT molecular complexity index is 1440. The lowest BCUT2D eigenvalue weighted by Gasteiger charge is -2.27. The molecular formula is C23H20N6O2. The molecule has 0 fully saturated rings. The summed E-state index contributed by atoms with van der Waals surface area (Å²) in [4.78, 5) is 20.7. The molecule has 5 aromatic rings. The van der Waals surface area contributed by atoms with Gasteiger partial charge in [0.25, 0.3) is 5.91 Å². The highest BCUT2D eigenvalue weighted by atomic mass is 16.5. The number of fused-ring (bicyclic) bond motifs is 3. The van der Waals surface area contributed by atoms with Gasteiger partial charge in [-0.3, -0.25) is 4.79 Å². The number of nitrogens with zero attached hydrogens (tertiary/aromatic N) is 4. The Morgan fingerprint density at radius 3 is 3.06 bits per heavy atom. The second-order valence-corrected chi connectivity index (χ2v) is 7.79. The van der Waals surface area contributed by atoms with Crippen molar-refractivity contribution in [2.24, 2.45) is 7.05 Å². The second kappa shape index (κ2) is 6.73. The maximum Gasteiger partial charge on any atom is 0.257 e. The van der Waals surface area contributed by atoms with Gasteiger partial charge in [0.1, 0.15) is 22.6 Å². The molecule has 31 heavy (non-hydrogen) atoms. The van der Waals surface area contributed by atoms with E-state index in [1.165, 1.54) is 0 Å². The van der Waals surface area contributed by atoms with Crippen LogP contribution >= 0.6 is 0 Å². The van der Waals surface area contributed by atoms with Crippen LogP contribution in [0.5, 0.6) is 5.75 Å². The van der Waals surface area contributed by atoms with E-state index in [-0.39, 0.29) is 11.9 Å². The number of carbonyl (C=O) groups excluding carboxylic acids is 1. The van der Waals surface area contributed by atoms with Crippen LogP contribution in [0.4, 0.5) is 0 Å². The van der Waals surface area contributed by atoms with Gasteiger partial charge in [0.2, 0.25) is 0 Å². The molecule has 2 N–H and O–H groups in total. The van der Waals surface area contributed by atoms with Crippen LogP contribution in [0.15, 0.2) is 61.3 Å². The lowest BCUT2D eigenvalue weighted by molar-refractivity contribution is 0.0926. The Morgan fingerprint density at radius 2 is 2.13 bits per heavy atom. The molecule has 0 aliphatic carbocycles. The first kappa shape index (κ1) is 17.8. The zero-order chi connectivity index (χ0) is 20.9. The van der Waals surface area contributed by atoms with Crippen LogP contribution in [0.25, 0.3) is 27.8 Å². The number of H-pyrrole nitrogens is 1. The predicted octanol–water partition coefficient (Wildman–Crippen LogP) is 3.47. The minimum Gasteiger partial charge on any atom is -0.493 e. The SMILES string of the molecule is Cn1ccn2ncc(C(=O)NC3CCOc4ccc(-c5cnc6[nH]ccc6c5)cc43)c12. The summed E-state index contributed by atoms with van der Waals surface area (Å²) in [6.45, 7) is 0.557. The van der Waals surface area contributed by atoms with E-state index in [1.54, 1.807) is 10.7 Å². The Kier molecular flexibility index (Phi) is 3.86. The average Bonchev–Trinajstić information content (AvgIpc) is 3.51. The van der Waals surface area contributed by atoms with E-state index < -0.39 is 0 Å². The third-order valence-electron chi connectivity index (χ3n) is 5.87. The van der Waals surface area contributed by atoms with Crippen molar-refractivity contribution in [1.29, 1.82) is 0 Å². The average molecular weight is 412 g/mol. The van der Waals surface area contributed by atoms with E-state index in [4.69, 9.17) is 4.74 Å². The quantitative estimate of drug-likeness (QED) is 0.475. The second-order valence-electron chi connectivity index (χ2n) is 7.79. The summed E-state index contributed by atoms with van der Waals surface area (Å²) in [6.07, 6.45) is 9.76. The van der Waals surface area contributed by atoms with Gasteiger partial charge in [-0.15, -0.1) is 0 Å². The van der Waals surface area contributed by atoms with Crippen LogP contribution in [0.1, 0.15) is 28.4 Å². The molecule has 0 saturated heterocycles. The summed E-state index contributed by atoms with van der Waals surface area (Å²) < 4.78 is 9.45. The highest BCUT2D eigenvalue weighted by Gasteiger charge is 2.26. The lowest BCUT2D eigenvalue weighted by Crippen LogP contribution is -2.32. The van der Waals surface area contributed by atoms with Crippen LogP contribution in [0.3, 0.4) is 0 Å². The van der Waals surface area contributed by atoms with Crippen LogP contribution < -0.4 is 10.1 Å². The van der Waals surface area contributed by atoms with E-state index >= 15 is 0 Å². The molecule has 6 rings (SSSR count). The molecule has 1 unspecified atom stereocenters. The summed E-state index contributed by atoms with van der Waals surface area (Å²) in [5, 5.41) is 8.52. The van der Waals surface area contributed by atoms with Gasteiger partial charge in [0.15, 0.2) is 0 Å². The normalized spacial score (nSPS) is 15.7. The van der Waals surface area contributed by atoms with Crippen LogP contribution in [0.2, 0.25) is 0 Å².